The van der Waals surface area contributed by atoms with E-state index in [4.69, 9.17) is 10.6 Å². The molecule has 1 aromatic rings. The smallest absolute Gasteiger partial charge is 0.328 e. The minimum atomic E-state index is -1.14. The molecular formula is C12H10FN3O2. The SMILES string of the molecule is [N-]=[N+]=NCC=Cc1ccc(F)c(/C=C/C(=O)O)c1. The molecule has 1 aromatic carbocycles. The fourth-order valence-corrected chi connectivity index (χ4v) is 1.23. The van der Waals surface area contributed by atoms with Gasteiger partial charge in [0.15, 0.2) is 0 Å². The molecule has 0 aliphatic carbocycles. The summed E-state index contributed by atoms with van der Waals surface area (Å²) >= 11 is 0. The molecule has 0 unspecified atom stereocenters. The van der Waals surface area contributed by atoms with E-state index in [0.29, 0.717) is 5.56 Å². The van der Waals surface area contributed by atoms with Crippen LogP contribution in [0.25, 0.3) is 22.6 Å². The lowest BCUT2D eigenvalue weighted by molar-refractivity contribution is -0.131. The maximum atomic E-state index is 13.3. The third kappa shape index (κ3) is 4.51. The van der Waals surface area contributed by atoms with E-state index in [9.17, 15) is 9.18 Å². The van der Waals surface area contributed by atoms with Crippen molar-refractivity contribution in [3.8, 4) is 0 Å². The van der Waals surface area contributed by atoms with E-state index in [1.165, 1.54) is 18.2 Å². The van der Waals surface area contributed by atoms with Gasteiger partial charge in [-0.15, -0.1) is 0 Å². The molecule has 0 heterocycles. The highest BCUT2D eigenvalue weighted by atomic mass is 19.1. The van der Waals surface area contributed by atoms with Crippen LogP contribution in [0.5, 0.6) is 0 Å². The van der Waals surface area contributed by atoms with Gasteiger partial charge >= 0.3 is 5.97 Å². The lowest BCUT2D eigenvalue weighted by Crippen LogP contribution is -1.88. The van der Waals surface area contributed by atoms with Crippen molar-refractivity contribution in [3.05, 3.63) is 57.7 Å². The Labute approximate surface area is 102 Å². The van der Waals surface area contributed by atoms with Crippen molar-refractivity contribution in [2.75, 3.05) is 6.54 Å². The number of hydrogen-bond donors (Lipinski definition) is 1. The molecule has 0 spiro atoms. The molecule has 18 heavy (non-hydrogen) atoms. The van der Waals surface area contributed by atoms with Gasteiger partial charge in [-0.3, -0.25) is 0 Å². The van der Waals surface area contributed by atoms with Gasteiger partial charge in [0, 0.05) is 23.1 Å². The lowest BCUT2D eigenvalue weighted by Gasteiger charge is -1.99. The van der Waals surface area contributed by atoms with Crippen LogP contribution >= 0.6 is 0 Å². The van der Waals surface area contributed by atoms with Crippen LogP contribution in [0, 0.1) is 5.82 Å². The normalized spacial score (nSPS) is 10.7. The van der Waals surface area contributed by atoms with Crippen LogP contribution in [0.15, 0.2) is 35.5 Å². The van der Waals surface area contributed by atoms with Gasteiger partial charge < -0.3 is 5.11 Å². The number of carboxylic acids is 1. The number of carboxylic acid groups (broad SMARTS) is 1. The zero-order valence-electron chi connectivity index (χ0n) is 9.32. The number of hydrogen-bond acceptors (Lipinski definition) is 2. The van der Waals surface area contributed by atoms with Crippen LogP contribution in [0.4, 0.5) is 4.39 Å². The molecule has 92 valence electrons. The fraction of sp³-hybridized carbons (Fsp3) is 0.0833. The van der Waals surface area contributed by atoms with E-state index in [1.54, 1.807) is 18.2 Å². The highest BCUT2D eigenvalue weighted by molar-refractivity contribution is 5.85. The van der Waals surface area contributed by atoms with Crippen molar-refractivity contribution in [3.63, 3.8) is 0 Å². The molecule has 0 radical (unpaired) electrons. The van der Waals surface area contributed by atoms with Gasteiger partial charge in [-0.2, -0.15) is 0 Å². The van der Waals surface area contributed by atoms with Crippen molar-refractivity contribution in [2.24, 2.45) is 5.11 Å². The molecule has 0 saturated carbocycles. The van der Waals surface area contributed by atoms with Gasteiger partial charge in [0.1, 0.15) is 5.82 Å². The molecule has 0 bridgehead atoms. The predicted molar refractivity (Wildman–Crippen MR) is 66.1 cm³/mol. The number of nitrogens with zero attached hydrogens (tertiary/aromatic N) is 3. The molecule has 0 aliphatic heterocycles. The van der Waals surface area contributed by atoms with Crippen molar-refractivity contribution in [1.82, 2.24) is 0 Å². The van der Waals surface area contributed by atoms with Crippen LogP contribution in [-0.4, -0.2) is 17.6 Å². The number of azide groups is 1. The number of benzene rings is 1. The second-order valence-corrected chi connectivity index (χ2v) is 3.27. The quantitative estimate of drug-likeness (QED) is 0.374. The van der Waals surface area contributed by atoms with E-state index in [-0.39, 0.29) is 12.1 Å². The summed E-state index contributed by atoms with van der Waals surface area (Å²) in [6.07, 6.45) is 5.33. The predicted octanol–water partition coefficient (Wildman–Crippen LogP) is 3.25. The Morgan fingerprint density at radius 2 is 2.28 bits per heavy atom. The summed E-state index contributed by atoms with van der Waals surface area (Å²) in [4.78, 5) is 12.9. The van der Waals surface area contributed by atoms with E-state index >= 15 is 0 Å². The lowest BCUT2D eigenvalue weighted by atomic mass is 10.1. The Morgan fingerprint density at radius 3 is 2.94 bits per heavy atom. The zero-order valence-corrected chi connectivity index (χ0v) is 9.32. The summed E-state index contributed by atoms with van der Waals surface area (Å²) in [6.45, 7) is 0.203. The molecule has 0 atom stereocenters. The molecular weight excluding hydrogens is 237 g/mol. The van der Waals surface area contributed by atoms with E-state index in [2.05, 4.69) is 10.0 Å². The van der Waals surface area contributed by atoms with E-state index in [0.717, 1.165) is 6.08 Å². The van der Waals surface area contributed by atoms with Crippen molar-refractivity contribution >= 4 is 18.1 Å². The molecule has 6 heteroatoms. The van der Waals surface area contributed by atoms with Crippen molar-refractivity contribution < 1.29 is 14.3 Å². The molecule has 0 aromatic heterocycles. The average Bonchev–Trinajstić information content (AvgIpc) is 2.34. The minimum absolute atomic E-state index is 0.184. The molecule has 1 rings (SSSR count). The molecule has 0 fully saturated rings. The maximum Gasteiger partial charge on any atom is 0.328 e. The molecule has 1 N–H and O–H groups in total. The highest BCUT2D eigenvalue weighted by Crippen LogP contribution is 2.13. The number of aliphatic carboxylic acids is 1. The monoisotopic (exact) mass is 247 g/mol. The Kier molecular flexibility index (Phi) is 5.15. The van der Waals surface area contributed by atoms with Crippen LogP contribution in [0.2, 0.25) is 0 Å². The summed E-state index contributed by atoms with van der Waals surface area (Å²) in [6, 6.07) is 4.29. The van der Waals surface area contributed by atoms with Crippen LogP contribution in [0.1, 0.15) is 11.1 Å². The van der Waals surface area contributed by atoms with Gasteiger partial charge in [-0.1, -0.05) is 23.3 Å². The maximum absolute atomic E-state index is 13.3. The number of rotatable bonds is 5. The summed E-state index contributed by atoms with van der Waals surface area (Å²) in [7, 11) is 0. The van der Waals surface area contributed by atoms with Gasteiger partial charge in [-0.05, 0) is 29.3 Å². The second-order valence-electron chi connectivity index (χ2n) is 3.27. The summed E-state index contributed by atoms with van der Waals surface area (Å²) < 4.78 is 13.3. The summed E-state index contributed by atoms with van der Waals surface area (Å²) in [5, 5.41) is 11.8. The summed E-state index contributed by atoms with van der Waals surface area (Å²) in [5.41, 5.74) is 8.95. The molecule has 0 aliphatic rings. The van der Waals surface area contributed by atoms with Gasteiger partial charge in [0.25, 0.3) is 0 Å². The second kappa shape index (κ2) is 6.88. The first-order valence-corrected chi connectivity index (χ1v) is 5.01. The third-order valence-electron chi connectivity index (χ3n) is 1.99. The Hall–Kier alpha value is -2.59. The number of carbonyl (C=O) groups is 1. The first-order valence-electron chi connectivity index (χ1n) is 5.01. The number of halogens is 1. The van der Waals surface area contributed by atoms with Crippen molar-refractivity contribution in [1.29, 1.82) is 0 Å². The summed E-state index contributed by atoms with van der Waals surface area (Å²) in [5.74, 6) is -1.64. The third-order valence-corrected chi connectivity index (χ3v) is 1.99. The van der Waals surface area contributed by atoms with Crippen LogP contribution < -0.4 is 0 Å². The van der Waals surface area contributed by atoms with Gasteiger partial charge in [-0.25, -0.2) is 9.18 Å². The minimum Gasteiger partial charge on any atom is -0.478 e. The first-order chi connectivity index (χ1) is 8.63. The van der Waals surface area contributed by atoms with Gasteiger partial charge in [0.05, 0.1) is 0 Å². The highest BCUT2D eigenvalue weighted by Gasteiger charge is 1.99. The average molecular weight is 247 g/mol. The molecule has 0 saturated heterocycles. The largest absolute Gasteiger partial charge is 0.478 e. The first kappa shape index (κ1) is 13.5. The molecule has 5 nitrogen and oxygen atoms in total. The standard InChI is InChI=1S/C12H10FN3O2/c13-11-5-3-9(2-1-7-15-16-14)8-10(11)4-6-12(17)18/h1-6,8H,7H2,(H,17,18)/b2-1?,6-4+. The zero-order chi connectivity index (χ0) is 13.4. The molecule has 0 amide bonds. The Balaban J connectivity index is 2.89. The van der Waals surface area contributed by atoms with Crippen LogP contribution in [0.3, 0.4) is 0 Å². The van der Waals surface area contributed by atoms with E-state index in [1.807, 2.05) is 0 Å². The topological polar surface area (TPSA) is 86.1 Å². The fourth-order valence-electron chi connectivity index (χ4n) is 1.23. The Bertz CT molecular complexity index is 546. The van der Waals surface area contributed by atoms with Crippen molar-refractivity contribution in [2.45, 2.75) is 0 Å². The Morgan fingerprint density at radius 1 is 1.50 bits per heavy atom. The van der Waals surface area contributed by atoms with Gasteiger partial charge in [0.2, 0.25) is 0 Å². The van der Waals surface area contributed by atoms with Crippen LogP contribution in [-0.2, 0) is 4.79 Å². The van der Waals surface area contributed by atoms with E-state index < -0.39 is 11.8 Å².